The van der Waals surface area contributed by atoms with Crippen LogP contribution in [0.15, 0.2) is 74.8 Å². The molecule has 1 amide bonds. The molecule has 2 heterocycles. The Morgan fingerprint density at radius 3 is 2.82 bits per heavy atom. The van der Waals surface area contributed by atoms with Gasteiger partial charge in [0.05, 0.1) is 34.6 Å². The van der Waals surface area contributed by atoms with Crippen LogP contribution in [0.5, 0.6) is 5.75 Å². The number of fused-ring (bicyclic) bond motifs is 1. The van der Waals surface area contributed by atoms with Crippen molar-refractivity contribution in [2.24, 2.45) is 4.99 Å². The third kappa shape index (κ3) is 5.16. The fourth-order valence-corrected chi connectivity index (χ4v) is 4.99. The molecule has 0 aliphatic carbocycles. The summed E-state index contributed by atoms with van der Waals surface area (Å²) in [7, 11) is 0. The van der Waals surface area contributed by atoms with Gasteiger partial charge in [0.2, 0.25) is 0 Å². The van der Waals surface area contributed by atoms with Crippen LogP contribution >= 0.6 is 39.3 Å². The topological polar surface area (TPSA) is 80.2 Å². The highest BCUT2D eigenvalue weighted by atomic mass is 79.9. The minimum Gasteiger partial charge on any atom is -0.483 e. The number of halogens is 2. The van der Waals surface area contributed by atoms with Gasteiger partial charge in [-0.25, -0.2) is 9.79 Å². The van der Waals surface area contributed by atoms with Crippen LogP contribution in [0.4, 0.5) is 5.69 Å². The Kier molecular flexibility index (Phi) is 7.65. The smallest absolute Gasteiger partial charge is 0.338 e. The lowest BCUT2D eigenvalue weighted by molar-refractivity contribution is -0.139. The number of aliphatic imine (C=N–C) groups is 1. The average molecular weight is 563 g/mol. The molecule has 0 aromatic heterocycles. The number of benzene rings is 2. The molecule has 2 aromatic carbocycles. The molecule has 0 fully saturated rings. The van der Waals surface area contributed by atoms with Crippen LogP contribution in [-0.4, -0.2) is 35.2 Å². The van der Waals surface area contributed by atoms with Crippen molar-refractivity contribution in [2.45, 2.75) is 19.9 Å². The van der Waals surface area contributed by atoms with Crippen LogP contribution in [0.1, 0.15) is 25.5 Å². The van der Waals surface area contributed by atoms with E-state index in [9.17, 15) is 9.59 Å². The maximum absolute atomic E-state index is 12.9. The first-order chi connectivity index (χ1) is 16.4. The number of nitrogens with one attached hydrogen (secondary N) is 1. The number of hydrogen-bond acceptors (Lipinski definition) is 7. The van der Waals surface area contributed by atoms with Gasteiger partial charge in [-0.05, 0) is 49.6 Å². The van der Waals surface area contributed by atoms with E-state index >= 15 is 0 Å². The van der Waals surface area contributed by atoms with E-state index < -0.39 is 12.0 Å². The average Bonchev–Trinajstić information content (AvgIpc) is 3.27. The van der Waals surface area contributed by atoms with E-state index in [4.69, 9.17) is 21.1 Å². The van der Waals surface area contributed by atoms with Crippen molar-refractivity contribution in [2.75, 3.05) is 18.5 Å². The summed E-state index contributed by atoms with van der Waals surface area (Å²) in [6.45, 7) is 3.55. The van der Waals surface area contributed by atoms with Gasteiger partial charge in [0.25, 0.3) is 5.91 Å². The lowest BCUT2D eigenvalue weighted by atomic mass is 9.94. The van der Waals surface area contributed by atoms with E-state index in [1.807, 2.05) is 28.6 Å². The molecule has 0 unspecified atom stereocenters. The highest BCUT2D eigenvalue weighted by Gasteiger charge is 2.39. The van der Waals surface area contributed by atoms with Crippen molar-refractivity contribution in [3.8, 4) is 5.75 Å². The van der Waals surface area contributed by atoms with E-state index in [0.29, 0.717) is 33.3 Å². The first-order valence-electron chi connectivity index (χ1n) is 10.4. The molecule has 2 aromatic rings. The van der Waals surface area contributed by atoms with Crippen molar-refractivity contribution in [1.29, 1.82) is 0 Å². The van der Waals surface area contributed by atoms with Crippen LogP contribution < -0.4 is 10.1 Å². The quantitative estimate of drug-likeness (QED) is 0.424. The minimum atomic E-state index is -0.531. The van der Waals surface area contributed by atoms with Crippen LogP contribution in [0, 0.1) is 0 Å². The summed E-state index contributed by atoms with van der Waals surface area (Å²) in [6, 6.07) is 11.9. The van der Waals surface area contributed by atoms with E-state index in [1.165, 1.54) is 11.8 Å². The normalized spacial score (nSPS) is 16.8. The molecule has 1 atom stereocenters. The Hall–Kier alpha value is -2.75. The van der Waals surface area contributed by atoms with Crippen LogP contribution in [0.3, 0.4) is 0 Å². The molecule has 0 saturated heterocycles. The molecule has 4 rings (SSSR count). The van der Waals surface area contributed by atoms with Crippen molar-refractivity contribution in [1.82, 2.24) is 4.90 Å². The molecule has 10 heteroatoms. The summed E-state index contributed by atoms with van der Waals surface area (Å²) in [4.78, 5) is 32.0. The largest absolute Gasteiger partial charge is 0.483 e. The summed E-state index contributed by atoms with van der Waals surface area (Å²) in [5.74, 6) is -0.342. The van der Waals surface area contributed by atoms with E-state index in [1.54, 1.807) is 44.2 Å². The molecule has 34 heavy (non-hydrogen) atoms. The number of carbonyl (C=O) groups is 2. The predicted octanol–water partition coefficient (Wildman–Crippen LogP) is 5.89. The Bertz CT molecular complexity index is 1230. The number of esters is 1. The number of amides is 1. The molecule has 0 radical (unpaired) electrons. The van der Waals surface area contributed by atoms with Crippen molar-refractivity contribution >= 4 is 62.0 Å². The molecule has 1 N–H and O–H groups in total. The predicted molar refractivity (Wildman–Crippen MR) is 138 cm³/mol. The number of carbonyl (C=O) groups excluding carboxylic acids is 2. The van der Waals surface area contributed by atoms with Gasteiger partial charge in [-0.2, -0.15) is 0 Å². The molecular formula is C24H21BrClN3O4S. The number of allylic oxidation sites excluding steroid dienone is 1. The number of para-hydroxylation sites is 1. The second-order valence-corrected chi connectivity index (χ2v) is 9.52. The Morgan fingerprint density at radius 2 is 2.06 bits per heavy atom. The van der Waals surface area contributed by atoms with Gasteiger partial charge in [0.15, 0.2) is 11.8 Å². The first kappa shape index (κ1) is 24.4. The SMILES string of the molecule is CCOC(=O)C1=C(C)N=C2SC=CN2[C@H]1c1cc(Br)ccc1OCC(=O)Nc1ccccc1Cl. The molecular weight excluding hydrogens is 542 g/mol. The summed E-state index contributed by atoms with van der Waals surface area (Å²) >= 11 is 11.1. The number of nitrogens with zero attached hydrogens (tertiary/aromatic N) is 2. The van der Waals surface area contributed by atoms with Gasteiger partial charge in [-0.1, -0.05) is 51.4 Å². The highest BCUT2D eigenvalue weighted by molar-refractivity contribution is 9.10. The number of hydrogen-bond donors (Lipinski definition) is 1. The second-order valence-electron chi connectivity index (χ2n) is 7.33. The number of rotatable bonds is 7. The van der Waals surface area contributed by atoms with Crippen LogP contribution in [0.2, 0.25) is 5.02 Å². The lowest BCUT2D eigenvalue weighted by Gasteiger charge is -2.34. The Labute approximate surface area is 215 Å². The van der Waals surface area contributed by atoms with E-state index in [2.05, 4.69) is 26.2 Å². The van der Waals surface area contributed by atoms with Crippen molar-refractivity contribution in [3.05, 3.63) is 80.4 Å². The van der Waals surface area contributed by atoms with Gasteiger partial charge in [0.1, 0.15) is 5.75 Å². The van der Waals surface area contributed by atoms with E-state index in [-0.39, 0.29) is 19.1 Å². The van der Waals surface area contributed by atoms with E-state index in [0.717, 1.165) is 9.64 Å². The molecule has 0 spiro atoms. The van der Waals surface area contributed by atoms with Gasteiger partial charge >= 0.3 is 5.97 Å². The third-order valence-electron chi connectivity index (χ3n) is 5.09. The van der Waals surface area contributed by atoms with Gasteiger partial charge in [-0.15, -0.1) is 0 Å². The third-order valence-corrected chi connectivity index (χ3v) is 6.68. The maximum Gasteiger partial charge on any atom is 0.338 e. The summed E-state index contributed by atoms with van der Waals surface area (Å²) in [5, 5.41) is 5.84. The standard InChI is InChI=1S/C24H21BrClN3O4S/c1-3-32-23(31)21-14(2)27-24-29(10-11-34-24)22(21)16-12-15(25)8-9-19(16)33-13-20(30)28-18-7-5-4-6-17(18)26/h4-12,22H,3,13H2,1-2H3,(H,28,30)/t22-/m0/s1. The van der Waals surface area contributed by atoms with Gasteiger partial charge in [0, 0.05) is 16.2 Å². The minimum absolute atomic E-state index is 0.241. The zero-order valence-corrected chi connectivity index (χ0v) is 21.5. The zero-order valence-electron chi connectivity index (χ0n) is 18.4. The zero-order chi connectivity index (χ0) is 24.2. The summed E-state index contributed by atoms with van der Waals surface area (Å²) in [6.07, 6.45) is 1.87. The number of ether oxygens (including phenoxy) is 2. The van der Waals surface area contributed by atoms with Gasteiger partial charge < -0.3 is 19.7 Å². The number of thioether (sulfide) groups is 1. The van der Waals surface area contributed by atoms with Crippen molar-refractivity contribution in [3.63, 3.8) is 0 Å². The first-order valence-corrected chi connectivity index (χ1v) is 12.5. The maximum atomic E-state index is 12.9. The fourth-order valence-electron chi connectivity index (χ4n) is 3.63. The van der Waals surface area contributed by atoms with Gasteiger partial charge in [-0.3, -0.25) is 4.79 Å². The summed E-state index contributed by atoms with van der Waals surface area (Å²) in [5.41, 5.74) is 2.20. The monoisotopic (exact) mass is 561 g/mol. The number of anilines is 1. The Balaban J connectivity index is 1.64. The van der Waals surface area contributed by atoms with Crippen molar-refractivity contribution < 1.29 is 19.1 Å². The molecule has 2 aliphatic rings. The molecule has 176 valence electrons. The molecule has 0 saturated carbocycles. The second kappa shape index (κ2) is 10.7. The highest BCUT2D eigenvalue weighted by Crippen LogP contribution is 2.44. The Morgan fingerprint density at radius 1 is 1.26 bits per heavy atom. The fraction of sp³-hybridized carbons (Fsp3) is 0.208. The summed E-state index contributed by atoms with van der Waals surface area (Å²) < 4.78 is 12.1. The molecule has 2 aliphatic heterocycles. The van der Waals surface area contributed by atoms with Crippen LogP contribution in [-0.2, 0) is 14.3 Å². The molecule has 7 nitrogen and oxygen atoms in total. The van der Waals surface area contributed by atoms with Crippen LogP contribution in [0.25, 0.3) is 0 Å². The number of amidine groups is 1. The lowest BCUT2D eigenvalue weighted by Crippen LogP contribution is -2.34. The molecule has 0 bridgehead atoms.